The first-order valence-electron chi connectivity index (χ1n) is 10.2. The predicted molar refractivity (Wildman–Crippen MR) is 127 cm³/mol. The largest absolute Gasteiger partial charge is 0.478 e. The molecule has 0 aliphatic carbocycles. The molecule has 1 heterocycles. The van der Waals surface area contributed by atoms with Gasteiger partial charge >= 0.3 is 5.97 Å². The van der Waals surface area contributed by atoms with E-state index in [2.05, 4.69) is 60.2 Å². The molecule has 0 fully saturated rings. The van der Waals surface area contributed by atoms with Gasteiger partial charge in [-0.3, -0.25) is 0 Å². The maximum absolute atomic E-state index is 11.4. The molecule has 3 aromatic carbocycles. The van der Waals surface area contributed by atoms with E-state index >= 15 is 0 Å². The van der Waals surface area contributed by atoms with E-state index in [-0.39, 0.29) is 11.6 Å². The van der Waals surface area contributed by atoms with Crippen LogP contribution >= 0.6 is 11.6 Å². The van der Waals surface area contributed by atoms with Crippen molar-refractivity contribution in [2.24, 2.45) is 0 Å². The van der Waals surface area contributed by atoms with Gasteiger partial charge in [0.2, 0.25) is 0 Å². The number of imidazole rings is 1. The normalized spacial score (nSPS) is 12.3. The van der Waals surface area contributed by atoms with E-state index in [0.717, 1.165) is 16.6 Å². The van der Waals surface area contributed by atoms with Crippen molar-refractivity contribution in [1.82, 2.24) is 14.9 Å². The summed E-state index contributed by atoms with van der Waals surface area (Å²) in [6.45, 7) is 3.90. The van der Waals surface area contributed by atoms with Crippen molar-refractivity contribution in [3.63, 3.8) is 0 Å². The van der Waals surface area contributed by atoms with Crippen molar-refractivity contribution in [3.8, 4) is 22.9 Å². The summed E-state index contributed by atoms with van der Waals surface area (Å²) in [6, 6.07) is 17.6. The van der Waals surface area contributed by atoms with Crippen LogP contribution in [0.5, 0.6) is 11.8 Å². The number of carbonyl (C=O) groups is 1. The summed E-state index contributed by atoms with van der Waals surface area (Å²) >= 11 is 6.57. The van der Waals surface area contributed by atoms with Crippen molar-refractivity contribution in [2.75, 3.05) is 14.1 Å². The maximum Gasteiger partial charge on any atom is 0.336 e. The number of nitrogens with zero attached hydrogens (tertiary/aromatic N) is 2. The Hall–Kier alpha value is -3.35. The number of aromatic carboxylic acids is 1. The number of halogens is 1. The lowest BCUT2D eigenvalue weighted by Crippen LogP contribution is -2.16. The SMILES string of the molecule is Cc1ccc(Oc2nc3cc(-c4ccc(C(C)N(C)C)cc4)c(Cl)cc3[nH]2)cc1C(=O)O. The number of carboxylic acid groups (broad SMARTS) is 1. The van der Waals surface area contributed by atoms with Gasteiger partial charge in [0, 0.05) is 11.6 Å². The first-order chi connectivity index (χ1) is 15.2. The summed E-state index contributed by atoms with van der Waals surface area (Å²) in [5.41, 5.74) is 5.40. The number of fused-ring (bicyclic) bond motifs is 1. The third kappa shape index (κ3) is 4.33. The average Bonchev–Trinajstić information content (AvgIpc) is 3.14. The Morgan fingerprint density at radius 1 is 1.12 bits per heavy atom. The number of aryl methyl sites for hydroxylation is 1. The predicted octanol–water partition coefficient (Wildman–Crippen LogP) is 6.30. The average molecular weight is 450 g/mol. The van der Waals surface area contributed by atoms with Gasteiger partial charge in [0.1, 0.15) is 5.75 Å². The molecule has 0 radical (unpaired) electrons. The summed E-state index contributed by atoms with van der Waals surface area (Å²) in [4.78, 5) is 21.1. The van der Waals surface area contributed by atoms with Crippen LogP contribution in [0.4, 0.5) is 0 Å². The molecule has 1 aromatic heterocycles. The minimum Gasteiger partial charge on any atom is -0.478 e. The fourth-order valence-corrected chi connectivity index (χ4v) is 3.80. The maximum atomic E-state index is 11.4. The molecule has 0 bridgehead atoms. The summed E-state index contributed by atoms with van der Waals surface area (Å²) in [5.74, 6) is -0.607. The Morgan fingerprint density at radius 2 is 1.84 bits per heavy atom. The highest BCUT2D eigenvalue weighted by atomic mass is 35.5. The van der Waals surface area contributed by atoms with E-state index in [4.69, 9.17) is 16.3 Å². The van der Waals surface area contributed by atoms with Gasteiger partial charge in [0.05, 0.1) is 21.6 Å². The fourth-order valence-electron chi connectivity index (χ4n) is 3.52. The standard InChI is InChI=1S/C25H24ClN3O3/c1-14-5-10-18(11-19(14)24(30)31)32-25-27-22-12-20(21(26)13-23(22)28-25)17-8-6-16(7-9-17)15(2)29(3)4/h5-13,15H,1-4H3,(H,27,28)(H,30,31). The highest BCUT2D eigenvalue weighted by Crippen LogP contribution is 2.34. The Balaban J connectivity index is 1.64. The zero-order valence-corrected chi connectivity index (χ0v) is 19.1. The van der Waals surface area contributed by atoms with Crippen LogP contribution in [-0.4, -0.2) is 40.0 Å². The molecular formula is C25H24ClN3O3. The first-order valence-corrected chi connectivity index (χ1v) is 10.6. The van der Waals surface area contributed by atoms with Gasteiger partial charge in [-0.05, 0) is 68.9 Å². The van der Waals surface area contributed by atoms with Gasteiger partial charge in [-0.2, -0.15) is 4.98 Å². The quantitative estimate of drug-likeness (QED) is 0.361. The molecule has 6 nitrogen and oxygen atoms in total. The number of benzene rings is 3. The monoisotopic (exact) mass is 449 g/mol. The summed E-state index contributed by atoms with van der Waals surface area (Å²) < 4.78 is 5.78. The third-order valence-corrected chi connectivity index (χ3v) is 5.99. The Morgan fingerprint density at radius 3 is 2.50 bits per heavy atom. The van der Waals surface area contributed by atoms with Crippen LogP contribution in [0.1, 0.15) is 34.5 Å². The van der Waals surface area contributed by atoms with Crippen molar-refractivity contribution in [3.05, 3.63) is 76.3 Å². The lowest BCUT2D eigenvalue weighted by molar-refractivity contribution is 0.0695. The molecule has 0 aliphatic rings. The Kier molecular flexibility index (Phi) is 5.91. The molecule has 0 saturated heterocycles. The molecule has 0 saturated carbocycles. The number of rotatable bonds is 6. The number of aromatic amines is 1. The minimum absolute atomic E-state index is 0.191. The van der Waals surface area contributed by atoms with Gasteiger partial charge in [-0.1, -0.05) is 41.9 Å². The van der Waals surface area contributed by atoms with Crippen LogP contribution in [0, 0.1) is 6.92 Å². The van der Waals surface area contributed by atoms with Crippen LogP contribution in [0.2, 0.25) is 5.02 Å². The summed E-state index contributed by atoms with van der Waals surface area (Å²) in [6.07, 6.45) is 0. The number of ether oxygens (including phenoxy) is 1. The topological polar surface area (TPSA) is 78.5 Å². The van der Waals surface area contributed by atoms with Crippen molar-refractivity contribution >= 4 is 28.6 Å². The number of H-pyrrole nitrogens is 1. The highest BCUT2D eigenvalue weighted by molar-refractivity contribution is 6.34. The second kappa shape index (κ2) is 8.65. The van der Waals surface area contributed by atoms with Crippen LogP contribution in [0.25, 0.3) is 22.2 Å². The van der Waals surface area contributed by atoms with Crippen LogP contribution in [0.15, 0.2) is 54.6 Å². The lowest BCUT2D eigenvalue weighted by Gasteiger charge is -2.20. The second-order valence-electron chi connectivity index (χ2n) is 8.04. The number of hydrogen-bond donors (Lipinski definition) is 2. The molecule has 4 rings (SSSR count). The molecule has 0 aliphatic heterocycles. The zero-order valence-electron chi connectivity index (χ0n) is 18.3. The van der Waals surface area contributed by atoms with Gasteiger partial charge in [0.15, 0.2) is 0 Å². The van der Waals surface area contributed by atoms with Crippen LogP contribution in [0.3, 0.4) is 0 Å². The van der Waals surface area contributed by atoms with E-state index in [1.165, 1.54) is 11.6 Å². The van der Waals surface area contributed by atoms with E-state index in [0.29, 0.717) is 27.9 Å². The fraction of sp³-hybridized carbons (Fsp3) is 0.200. The molecule has 7 heteroatoms. The Labute approximate surface area is 191 Å². The molecule has 32 heavy (non-hydrogen) atoms. The second-order valence-corrected chi connectivity index (χ2v) is 8.44. The Bertz CT molecular complexity index is 1300. The highest BCUT2D eigenvalue weighted by Gasteiger charge is 2.14. The molecule has 164 valence electrons. The van der Waals surface area contributed by atoms with E-state index in [1.807, 2.05) is 12.1 Å². The van der Waals surface area contributed by atoms with E-state index in [9.17, 15) is 9.90 Å². The van der Waals surface area contributed by atoms with Crippen LogP contribution < -0.4 is 4.74 Å². The molecule has 2 N–H and O–H groups in total. The van der Waals surface area contributed by atoms with E-state index in [1.54, 1.807) is 19.1 Å². The molecule has 1 atom stereocenters. The van der Waals surface area contributed by atoms with Crippen molar-refractivity contribution < 1.29 is 14.6 Å². The molecular weight excluding hydrogens is 426 g/mol. The zero-order chi connectivity index (χ0) is 23.0. The molecule has 0 amide bonds. The van der Waals surface area contributed by atoms with Gasteiger partial charge < -0.3 is 19.7 Å². The molecule has 1 unspecified atom stereocenters. The number of nitrogens with one attached hydrogen (secondary N) is 1. The number of carboxylic acids is 1. The molecule has 0 spiro atoms. The minimum atomic E-state index is -1.00. The molecule has 4 aromatic rings. The van der Waals surface area contributed by atoms with Gasteiger partial charge in [-0.25, -0.2) is 4.79 Å². The smallest absolute Gasteiger partial charge is 0.336 e. The number of aromatic nitrogens is 2. The van der Waals surface area contributed by atoms with Crippen LogP contribution in [-0.2, 0) is 0 Å². The lowest BCUT2D eigenvalue weighted by atomic mass is 10.0. The van der Waals surface area contributed by atoms with Crippen molar-refractivity contribution in [1.29, 1.82) is 0 Å². The number of hydrogen-bond acceptors (Lipinski definition) is 4. The van der Waals surface area contributed by atoms with Gasteiger partial charge in [-0.15, -0.1) is 0 Å². The summed E-state index contributed by atoms with van der Waals surface area (Å²) in [5, 5.41) is 9.92. The van der Waals surface area contributed by atoms with E-state index < -0.39 is 5.97 Å². The summed E-state index contributed by atoms with van der Waals surface area (Å²) in [7, 11) is 4.11. The first kappa shape index (κ1) is 21.9. The van der Waals surface area contributed by atoms with Crippen molar-refractivity contribution in [2.45, 2.75) is 19.9 Å². The van der Waals surface area contributed by atoms with Gasteiger partial charge in [0.25, 0.3) is 6.01 Å². The third-order valence-electron chi connectivity index (χ3n) is 5.68.